The third-order valence-corrected chi connectivity index (χ3v) is 5.10. The molecule has 1 heterocycles. The summed E-state index contributed by atoms with van der Waals surface area (Å²) < 4.78 is 0. The number of Topliss-reactive ketones (excluding diaryl/α,β-unsaturated/α-hetero) is 1. The molecular weight excluding hydrogens is 358 g/mol. The summed E-state index contributed by atoms with van der Waals surface area (Å²) in [6.07, 6.45) is 0.907. The van der Waals surface area contributed by atoms with Gasteiger partial charge in [0.1, 0.15) is 5.78 Å². The first-order valence-electron chi connectivity index (χ1n) is 11.1. The number of rotatable bonds is 5. The zero-order chi connectivity index (χ0) is 22.3. The monoisotopic (exact) mass is 399 g/mol. The van der Waals surface area contributed by atoms with Crippen LogP contribution in [-0.4, -0.2) is 35.6 Å². The van der Waals surface area contributed by atoms with Gasteiger partial charge >= 0.3 is 0 Å². The molecule has 2 aromatic rings. The largest absolute Gasteiger partial charge is 0.381 e. The van der Waals surface area contributed by atoms with Crippen LogP contribution in [0.5, 0.6) is 0 Å². The number of nitrogens with zero attached hydrogens (tertiary/aromatic N) is 1. The Morgan fingerprint density at radius 1 is 0.897 bits per heavy atom. The van der Waals surface area contributed by atoms with Crippen LogP contribution >= 0.6 is 0 Å². The number of hydrogen-bond donors (Lipinski definition) is 1. The van der Waals surface area contributed by atoms with Crippen LogP contribution in [0.4, 0.5) is 0 Å². The summed E-state index contributed by atoms with van der Waals surface area (Å²) >= 11 is 0. The second-order valence-corrected chi connectivity index (χ2v) is 6.30. The second kappa shape index (κ2) is 14.9. The van der Waals surface area contributed by atoms with E-state index in [1.807, 2.05) is 82.8 Å². The van der Waals surface area contributed by atoms with Gasteiger partial charge < -0.3 is 5.11 Å². The molecule has 1 atom stereocenters. The van der Waals surface area contributed by atoms with E-state index < -0.39 is 5.41 Å². The molecule has 29 heavy (non-hydrogen) atoms. The molecule has 0 bridgehead atoms. The molecule has 1 saturated heterocycles. The summed E-state index contributed by atoms with van der Waals surface area (Å²) in [7, 11) is 0. The number of likely N-dealkylation sites (tertiary alicyclic amines) is 1. The van der Waals surface area contributed by atoms with Gasteiger partial charge in [-0.3, -0.25) is 9.69 Å². The van der Waals surface area contributed by atoms with Crippen molar-refractivity contribution in [2.75, 3.05) is 19.8 Å². The van der Waals surface area contributed by atoms with Crippen LogP contribution in [-0.2, 0) is 10.2 Å². The van der Waals surface area contributed by atoms with E-state index in [2.05, 4.69) is 24.3 Å². The van der Waals surface area contributed by atoms with Crippen LogP contribution in [0.25, 0.3) is 0 Å². The summed E-state index contributed by atoms with van der Waals surface area (Å²) in [6, 6.07) is 20.1. The fourth-order valence-corrected chi connectivity index (χ4v) is 4.05. The number of benzene rings is 2. The van der Waals surface area contributed by atoms with E-state index in [-0.39, 0.29) is 18.4 Å². The van der Waals surface area contributed by atoms with E-state index >= 15 is 0 Å². The van der Waals surface area contributed by atoms with Crippen molar-refractivity contribution in [1.82, 2.24) is 4.90 Å². The molecule has 0 aliphatic carbocycles. The van der Waals surface area contributed by atoms with Crippen LogP contribution < -0.4 is 0 Å². The second-order valence-electron chi connectivity index (χ2n) is 6.30. The first kappa shape index (κ1) is 27.0. The lowest BCUT2D eigenvalue weighted by Crippen LogP contribution is -2.44. The Morgan fingerprint density at radius 3 is 1.62 bits per heavy atom. The lowest BCUT2D eigenvalue weighted by molar-refractivity contribution is -0.122. The van der Waals surface area contributed by atoms with Crippen molar-refractivity contribution in [3.63, 3.8) is 0 Å². The SMILES string of the molecule is CC.CC.CC.CC(=O)C(c1ccccc1)(c1ccccc1)C1CCN(CO)C1. The first-order chi connectivity index (χ1) is 14.2. The van der Waals surface area contributed by atoms with E-state index in [1.54, 1.807) is 6.92 Å². The zero-order valence-electron chi connectivity index (χ0n) is 19.5. The maximum Gasteiger partial charge on any atom is 0.145 e. The summed E-state index contributed by atoms with van der Waals surface area (Å²) in [5.74, 6) is 0.330. The Morgan fingerprint density at radius 2 is 1.31 bits per heavy atom. The molecule has 0 aromatic heterocycles. The Hall–Kier alpha value is -1.97. The van der Waals surface area contributed by atoms with Gasteiger partial charge in [-0.1, -0.05) is 102 Å². The Bertz CT molecular complexity index is 615. The number of carbonyl (C=O) groups excluding carboxylic acids is 1. The predicted octanol–water partition coefficient (Wildman–Crippen LogP) is 5.91. The molecule has 3 heteroatoms. The van der Waals surface area contributed by atoms with E-state index in [4.69, 9.17) is 0 Å². The molecule has 1 aliphatic heterocycles. The molecule has 1 fully saturated rings. The van der Waals surface area contributed by atoms with Gasteiger partial charge in [0.15, 0.2) is 0 Å². The van der Waals surface area contributed by atoms with Gasteiger partial charge in [-0.25, -0.2) is 0 Å². The average molecular weight is 400 g/mol. The van der Waals surface area contributed by atoms with E-state index in [9.17, 15) is 9.90 Å². The first-order valence-corrected chi connectivity index (χ1v) is 11.1. The molecule has 1 aliphatic rings. The molecule has 1 N–H and O–H groups in total. The highest BCUT2D eigenvalue weighted by Gasteiger charge is 2.48. The van der Waals surface area contributed by atoms with Crippen LogP contribution in [0.15, 0.2) is 60.7 Å². The minimum Gasteiger partial charge on any atom is -0.381 e. The Labute approximate surface area is 178 Å². The Kier molecular flexibility index (Phi) is 13.9. The van der Waals surface area contributed by atoms with Gasteiger partial charge in [0.2, 0.25) is 0 Å². The van der Waals surface area contributed by atoms with Crippen LogP contribution in [0, 0.1) is 5.92 Å². The predicted molar refractivity (Wildman–Crippen MR) is 125 cm³/mol. The number of aliphatic hydroxyl groups excluding tert-OH is 1. The molecule has 3 rings (SSSR count). The third-order valence-electron chi connectivity index (χ3n) is 5.10. The average Bonchev–Trinajstić information content (AvgIpc) is 3.29. The number of hydrogen-bond acceptors (Lipinski definition) is 3. The minimum atomic E-state index is -0.646. The van der Waals surface area contributed by atoms with E-state index in [0.717, 1.165) is 30.6 Å². The normalized spacial score (nSPS) is 15.7. The maximum atomic E-state index is 13.0. The number of ketones is 1. The summed E-state index contributed by atoms with van der Waals surface area (Å²) in [4.78, 5) is 15.0. The molecule has 2 aromatic carbocycles. The number of aliphatic hydroxyl groups is 1. The summed E-state index contributed by atoms with van der Waals surface area (Å²) in [5, 5.41) is 9.47. The van der Waals surface area contributed by atoms with Gasteiger partial charge in [0.25, 0.3) is 0 Å². The molecule has 3 nitrogen and oxygen atoms in total. The van der Waals surface area contributed by atoms with Crippen molar-refractivity contribution in [3.8, 4) is 0 Å². The highest BCUT2D eigenvalue weighted by Crippen LogP contribution is 2.44. The molecule has 0 spiro atoms. The van der Waals surface area contributed by atoms with Gasteiger partial charge in [-0.2, -0.15) is 0 Å². The fourth-order valence-electron chi connectivity index (χ4n) is 4.05. The minimum absolute atomic E-state index is 0.0497. The van der Waals surface area contributed by atoms with Crippen molar-refractivity contribution in [2.24, 2.45) is 5.92 Å². The lowest BCUT2D eigenvalue weighted by atomic mass is 9.63. The lowest BCUT2D eigenvalue weighted by Gasteiger charge is -2.38. The zero-order valence-corrected chi connectivity index (χ0v) is 19.5. The molecule has 0 amide bonds. The molecule has 162 valence electrons. The van der Waals surface area contributed by atoms with Crippen molar-refractivity contribution >= 4 is 5.78 Å². The molecule has 0 radical (unpaired) electrons. The molecular formula is C26H41NO2. The third kappa shape index (κ3) is 6.25. The number of carbonyl (C=O) groups is 1. The highest BCUT2D eigenvalue weighted by atomic mass is 16.3. The standard InChI is InChI=1S/C20H23NO2.3C2H6/c1-16(23)20(17-8-4-2-5-9-17,18-10-6-3-7-11-18)19-12-13-21(14-19)15-22;3*1-2/h2-11,19,22H,12-15H2,1H3;3*1-2H3. The fraction of sp³-hybridized carbons (Fsp3) is 0.500. The smallest absolute Gasteiger partial charge is 0.145 e. The maximum absolute atomic E-state index is 13.0. The van der Waals surface area contributed by atoms with Crippen molar-refractivity contribution in [1.29, 1.82) is 0 Å². The molecule has 1 unspecified atom stereocenters. The van der Waals surface area contributed by atoms with Crippen LogP contribution in [0.1, 0.15) is 66.0 Å². The van der Waals surface area contributed by atoms with Gasteiger partial charge in [0, 0.05) is 13.1 Å². The summed E-state index contributed by atoms with van der Waals surface area (Å²) in [6.45, 7) is 15.3. The van der Waals surface area contributed by atoms with Crippen LogP contribution in [0.2, 0.25) is 0 Å². The van der Waals surface area contributed by atoms with Crippen molar-refractivity contribution < 1.29 is 9.90 Å². The van der Waals surface area contributed by atoms with Crippen LogP contribution in [0.3, 0.4) is 0 Å². The van der Waals surface area contributed by atoms with Gasteiger partial charge in [0.05, 0.1) is 12.1 Å². The highest BCUT2D eigenvalue weighted by molar-refractivity contribution is 5.92. The quantitative estimate of drug-likeness (QED) is 0.679. The van der Waals surface area contributed by atoms with Crippen molar-refractivity contribution in [2.45, 2.75) is 60.3 Å². The summed E-state index contributed by atoms with van der Waals surface area (Å²) in [5.41, 5.74) is 1.44. The van der Waals surface area contributed by atoms with Crippen molar-refractivity contribution in [3.05, 3.63) is 71.8 Å². The van der Waals surface area contributed by atoms with E-state index in [1.165, 1.54) is 0 Å². The topological polar surface area (TPSA) is 40.5 Å². The van der Waals surface area contributed by atoms with Gasteiger partial charge in [-0.05, 0) is 30.4 Å². The Balaban J connectivity index is 0.00000120. The van der Waals surface area contributed by atoms with E-state index in [0.29, 0.717) is 0 Å². The van der Waals surface area contributed by atoms with Gasteiger partial charge in [-0.15, -0.1) is 0 Å². The molecule has 0 saturated carbocycles.